The van der Waals surface area contributed by atoms with Crippen LogP contribution in [0.5, 0.6) is 0 Å². The molecule has 3 unspecified atom stereocenters. The number of carbonyl (C=O) groups is 1. The van der Waals surface area contributed by atoms with E-state index in [9.17, 15) is 4.79 Å². The van der Waals surface area contributed by atoms with E-state index in [0.717, 1.165) is 6.42 Å². The Morgan fingerprint density at radius 3 is 2.69 bits per heavy atom. The molecular weight excluding hydrogens is 166 g/mol. The van der Waals surface area contributed by atoms with Gasteiger partial charge in [0.15, 0.2) is 0 Å². The zero-order valence-electron chi connectivity index (χ0n) is 8.03. The number of carbonyl (C=O) groups excluding carboxylic acids is 1. The van der Waals surface area contributed by atoms with Crippen molar-refractivity contribution in [2.75, 3.05) is 6.61 Å². The van der Waals surface area contributed by atoms with E-state index in [4.69, 9.17) is 10.5 Å². The molecule has 0 amide bonds. The zero-order chi connectivity index (χ0) is 9.42. The van der Waals surface area contributed by atoms with Gasteiger partial charge in [-0.1, -0.05) is 0 Å². The van der Waals surface area contributed by atoms with Gasteiger partial charge in [0.25, 0.3) is 0 Å². The zero-order valence-corrected chi connectivity index (χ0v) is 8.03. The predicted molar refractivity (Wildman–Crippen MR) is 48.9 cm³/mol. The number of rotatable bonds is 2. The lowest BCUT2D eigenvalue weighted by Crippen LogP contribution is -2.41. The molecule has 2 N–H and O–H groups in total. The molecule has 2 saturated carbocycles. The Labute approximate surface area is 78.6 Å². The van der Waals surface area contributed by atoms with E-state index in [1.165, 1.54) is 12.8 Å². The van der Waals surface area contributed by atoms with Gasteiger partial charge in [-0.25, -0.2) is 0 Å². The quantitative estimate of drug-likeness (QED) is 0.648. The molecule has 0 saturated heterocycles. The van der Waals surface area contributed by atoms with Crippen LogP contribution in [0.1, 0.15) is 26.2 Å². The number of esters is 1. The van der Waals surface area contributed by atoms with Gasteiger partial charge in [0.1, 0.15) is 0 Å². The summed E-state index contributed by atoms with van der Waals surface area (Å²) >= 11 is 0. The molecule has 3 heteroatoms. The highest BCUT2D eigenvalue weighted by Crippen LogP contribution is 2.47. The topological polar surface area (TPSA) is 52.3 Å². The Bertz CT molecular complexity index is 215. The van der Waals surface area contributed by atoms with E-state index in [2.05, 4.69) is 0 Å². The van der Waals surface area contributed by atoms with Crippen molar-refractivity contribution in [3.8, 4) is 0 Å². The largest absolute Gasteiger partial charge is 0.466 e. The van der Waals surface area contributed by atoms with E-state index >= 15 is 0 Å². The van der Waals surface area contributed by atoms with Gasteiger partial charge in [0.2, 0.25) is 0 Å². The van der Waals surface area contributed by atoms with Crippen molar-refractivity contribution in [3.05, 3.63) is 0 Å². The SMILES string of the molecule is CCOC(=O)C1C2CC[C@H](C2)C1N. The molecule has 2 rings (SSSR count). The summed E-state index contributed by atoms with van der Waals surface area (Å²) in [7, 11) is 0. The Kier molecular flexibility index (Phi) is 2.28. The molecule has 0 heterocycles. The molecule has 2 aliphatic carbocycles. The molecule has 4 atom stereocenters. The summed E-state index contributed by atoms with van der Waals surface area (Å²) in [6.45, 7) is 2.32. The molecular formula is C10H17NO2. The molecule has 0 aromatic carbocycles. The smallest absolute Gasteiger partial charge is 0.310 e. The van der Waals surface area contributed by atoms with Gasteiger partial charge in [0, 0.05) is 6.04 Å². The molecule has 0 aliphatic heterocycles. The van der Waals surface area contributed by atoms with Gasteiger partial charge in [0.05, 0.1) is 12.5 Å². The highest BCUT2D eigenvalue weighted by molar-refractivity contribution is 5.74. The van der Waals surface area contributed by atoms with Crippen LogP contribution in [-0.4, -0.2) is 18.6 Å². The third-order valence-corrected chi connectivity index (χ3v) is 3.54. The van der Waals surface area contributed by atoms with Crippen molar-refractivity contribution >= 4 is 5.97 Å². The maximum absolute atomic E-state index is 11.5. The van der Waals surface area contributed by atoms with E-state index in [1.54, 1.807) is 0 Å². The second-order valence-corrected chi connectivity index (χ2v) is 4.19. The first kappa shape index (κ1) is 9.00. The molecule has 74 valence electrons. The van der Waals surface area contributed by atoms with Crippen LogP contribution in [0.2, 0.25) is 0 Å². The van der Waals surface area contributed by atoms with Gasteiger partial charge in [-0.05, 0) is 38.0 Å². The van der Waals surface area contributed by atoms with E-state index in [0.29, 0.717) is 18.4 Å². The predicted octanol–water partition coefficient (Wildman–Crippen LogP) is 0.923. The standard InChI is InChI=1S/C10H17NO2/c1-2-13-10(12)8-6-3-4-7(5-6)9(8)11/h6-9H,2-5,11H2,1H3/t6?,7-,8?,9?/m1/s1. The molecule has 2 bridgehead atoms. The molecule has 0 radical (unpaired) electrons. The van der Waals surface area contributed by atoms with Crippen LogP contribution in [0, 0.1) is 17.8 Å². The fourth-order valence-electron chi connectivity index (χ4n) is 2.92. The van der Waals surface area contributed by atoms with E-state index < -0.39 is 0 Å². The summed E-state index contributed by atoms with van der Waals surface area (Å²) in [5.74, 6) is 1.03. The van der Waals surface area contributed by atoms with Crippen LogP contribution in [0.3, 0.4) is 0 Å². The first-order valence-corrected chi connectivity index (χ1v) is 5.16. The lowest BCUT2D eigenvalue weighted by Gasteiger charge is -2.25. The lowest BCUT2D eigenvalue weighted by molar-refractivity contribution is -0.150. The molecule has 0 aromatic heterocycles. The van der Waals surface area contributed by atoms with Gasteiger partial charge < -0.3 is 10.5 Å². The normalized spacial score (nSPS) is 42.3. The summed E-state index contributed by atoms with van der Waals surface area (Å²) in [6, 6.07) is 0.0674. The van der Waals surface area contributed by atoms with Crippen molar-refractivity contribution in [1.82, 2.24) is 0 Å². The average molecular weight is 183 g/mol. The van der Waals surface area contributed by atoms with E-state index in [1.807, 2.05) is 6.92 Å². The molecule has 3 nitrogen and oxygen atoms in total. The minimum absolute atomic E-state index is 0.00120. The summed E-state index contributed by atoms with van der Waals surface area (Å²) in [4.78, 5) is 11.5. The van der Waals surface area contributed by atoms with Gasteiger partial charge in [-0.3, -0.25) is 4.79 Å². The van der Waals surface area contributed by atoms with Crippen LogP contribution >= 0.6 is 0 Å². The first-order chi connectivity index (χ1) is 6.24. The van der Waals surface area contributed by atoms with Crippen LogP contribution in [0.4, 0.5) is 0 Å². The molecule has 13 heavy (non-hydrogen) atoms. The number of hydrogen-bond acceptors (Lipinski definition) is 3. The van der Waals surface area contributed by atoms with Crippen LogP contribution in [0.15, 0.2) is 0 Å². The van der Waals surface area contributed by atoms with Gasteiger partial charge in [-0.2, -0.15) is 0 Å². The Morgan fingerprint density at radius 2 is 2.15 bits per heavy atom. The van der Waals surface area contributed by atoms with E-state index in [-0.39, 0.29) is 17.9 Å². The summed E-state index contributed by atoms with van der Waals surface area (Å²) in [5.41, 5.74) is 5.99. The van der Waals surface area contributed by atoms with Gasteiger partial charge in [-0.15, -0.1) is 0 Å². The fraction of sp³-hybridized carbons (Fsp3) is 0.900. The van der Waals surface area contributed by atoms with Crippen molar-refractivity contribution in [2.45, 2.75) is 32.2 Å². The summed E-state index contributed by atoms with van der Waals surface area (Å²) in [6.07, 6.45) is 3.52. The van der Waals surface area contributed by atoms with Crippen molar-refractivity contribution in [2.24, 2.45) is 23.5 Å². The van der Waals surface area contributed by atoms with Crippen LogP contribution in [0.25, 0.3) is 0 Å². The minimum atomic E-state index is -0.0674. The molecule has 2 fully saturated rings. The second-order valence-electron chi connectivity index (χ2n) is 4.19. The fourth-order valence-corrected chi connectivity index (χ4v) is 2.92. The average Bonchev–Trinajstić information content (AvgIpc) is 2.63. The first-order valence-electron chi connectivity index (χ1n) is 5.16. The number of hydrogen-bond donors (Lipinski definition) is 1. The second kappa shape index (κ2) is 3.29. The lowest BCUT2D eigenvalue weighted by atomic mass is 9.85. The monoisotopic (exact) mass is 183 g/mol. The van der Waals surface area contributed by atoms with Crippen molar-refractivity contribution in [3.63, 3.8) is 0 Å². The summed E-state index contributed by atoms with van der Waals surface area (Å²) < 4.78 is 5.03. The van der Waals surface area contributed by atoms with Crippen LogP contribution in [-0.2, 0) is 9.53 Å². The Balaban J connectivity index is 2.03. The minimum Gasteiger partial charge on any atom is -0.466 e. The highest BCUT2D eigenvalue weighted by atomic mass is 16.5. The third-order valence-electron chi connectivity index (χ3n) is 3.54. The third kappa shape index (κ3) is 1.35. The number of ether oxygens (including phenoxy) is 1. The molecule has 0 aromatic rings. The number of nitrogens with two attached hydrogens (primary N) is 1. The molecule has 2 aliphatic rings. The Hall–Kier alpha value is -0.570. The maximum atomic E-state index is 11.5. The van der Waals surface area contributed by atoms with Gasteiger partial charge >= 0.3 is 5.97 Å². The van der Waals surface area contributed by atoms with Crippen molar-refractivity contribution in [1.29, 1.82) is 0 Å². The highest BCUT2D eigenvalue weighted by Gasteiger charge is 2.49. The molecule has 0 spiro atoms. The Morgan fingerprint density at radius 1 is 1.46 bits per heavy atom. The maximum Gasteiger partial charge on any atom is 0.310 e. The number of fused-ring (bicyclic) bond motifs is 2. The summed E-state index contributed by atoms with van der Waals surface area (Å²) in [5, 5.41) is 0. The van der Waals surface area contributed by atoms with Crippen molar-refractivity contribution < 1.29 is 9.53 Å². The van der Waals surface area contributed by atoms with Crippen LogP contribution < -0.4 is 5.73 Å².